The largest absolute Gasteiger partial charge is 0.483 e. The highest BCUT2D eigenvalue weighted by molar-refractivity contribution is 9.10. The smallest absolute Gasteiger partial charge is 0.261 e. The summed E-state index contributed by atoms with van der Waals surface area (Å²) in [5.74, 6) is 0.263. The van der Waals surface area contributed by atoms with Crippen LogP contribution in [-0.4, -0.2) is 35.4 Å². The third-order valence-corrected chi connectivity index (χ3v) is 5.30. The van der Waals surface area contributed by atoms with Gasteiger partial charge in [-0.3, -0.25) is 9.59 Å². The van der Waals surface area contributed by atoms with Gasteiger partial charge >= 0.3 is 0 Å². The molecule has 2 aromatic rings. The Balaban J connectivity index is 2.17. The maximum absolute atomic E-state index is 13.0. The minimum absolute atomic E-state index is 0.000719. The van der Waals surface area contributed by atoms with Crippen LogP contribution in [0.2, 0.25) is 0 Å². The van der Waals surface area contributed by atoms with Crippen LogP contribution in [0.15, 0.2) is 46.9 Å². The number of halogens is 1. The van der Waals surface area contributed by atoms with Crippen molar-refractivity contribution in [3.63, 3.8) is 0 Å². The zero-order valence-electron chi connectivity index (χ0n) is 17.7. The number of aryl methyl sites for hydroxylation is 1. The number of amides is 2. The summed E-state index contributed by atoms with van der Waals surface area (Å²) in [5.41, 5.74) is 3.05. The Kier molecular flexibility index (Phi) is 8.26. The summed E-state index contributed by atoms with van der Waals surface area (Å²) in [7, 11) is 0. The second-order valence-electron chi connectivity index (χ2n) is 7.47. The van der Waals surface area contributed by atoms with E-state index in [9.17, 15) is 9.59 Å². The average molecular weight is 461 g/mol. The minimum Gasteiger partial charge on any atom is -0.483 e. The van der Waals surface area contributed by atoms with Crippen molar-refractivity contribution in [3.05, 3.63) is 63.6 Å². The molecule has 0 aliphatic rings. The van der Waals surface area contributed by atoms with Gasteiger partial charge in [0.1, 0.15) is 11.8 Å². The van der Waals surface area contributed by atoms with Gasteiger partial charge in [-0.15, -0.1) is 0 Å². The van der Waals surface area contributed by atoms with E-state index in [1.807, 2.05) is 70.2 Å². The zero-order valence-corrected chi connectivity index (χ0v) is 19.2. The quantitative estimate of drug-likeness (QED) is 0.635. The summed E-state index contributed by atoms with van der Waals surface area (Å²) in [4.78, 5) is 27.2. The van der Waals surface area contributed by atoms with Gasteiger partial charge in [0.2, 0.25) is 5.91 Å². The number of carbonyl (C=O) groups excluding carboxylic acids is 2. The molecule has 1 unspecified atom stereocenters. The van der Waals surface area contributed by atoms with E-state index in [0.29, 0.717) is 12.3 Å². The van der Waals surface area contributed by atoms with E-state index in [-0.39, 0.29) is 24.5 Å². The van der Waals surface area contributed by atoms with Crippen LogP contribution in [0.25, 0.3) is 0 Å². The third kappa shape index (κ3) is 6.60. The lowest BCUT2D eigenvalue weighted by Gasteiger charge is -2.29. The lowest BCUT2D eigenvalue weighted by molar-refractivity contribution is -0.142. The van der Waals surface area contributed by atoms with Gasteiger partial charge in [0, 0.05) is 17.1 Å². The lowest BCUT2D eigenvalue weighted by atomic mass is 10.1. The number of nitrogens with zero attached hydrogens (tertiary/aromatic N) is 1. The number of carbonyl (C=O) groups is 2. The van der Waals surface area contributed by atoms with E-state index in [1.165, 1.54) is 0 Å². The summed E-state index contributed by atoms with van der Waals surface area (Å²) in [6.07, 6.45) is 0. The van der Waals surface area contributed by atoms with Crippen molar-refractivity contribution in [2.75, 3.05) is 6.61 Å². The molecule has 0 radical (unpaired) electrons. The second kappa shape index (κ2) is 10.4. The molecular weight excluding hydrogens is 432 g/mol. The zero-order chi connectivity index (χ0) is 21.6. The maximum atomic E-state index is 13.0. The first kappa shape index (κ1) is 22.9. The molecule has 5 nitrogen and oxygen atoms in total. The predicted octanol–water partition coefficient (Wildman–Crippen LogP) is 4.39. The van der Waals surface area contributed by atoms with E-state index in [4.69, 9.17) is 4.74 Å². The Morgan fingerprint density at radius 1 is 1.07 bits per heavy atom. The summed E-state index contributed by atoms with van der Waals surface area (Å²) in [5, 5.41) is 2.88. The van der Waals surface area contributed by atoms with Gasteiger partial charge in [-0.1, -0.05) is 40.2 Å². The molecule has 1 N–H and O–H groups in total. The molecular formula is C23H29BrN2O3. The summed E-state index contributed by atoms with van der Waals surface area (Å²) in [6, 6.07) is 12.8. The van der Waals surface area contributed by atoms with Crippen LogP contribution in [0.4, 0.5) is 0 Å². The van der Waals surface area contributed by atoms with Crippen molar-refractivity contribution < 1.29 is 14.3 Å². The molecule has 0 aliphatic heterocycles. The number of ether oxygens (including phenoxy) is 1. The Morgan fingerprint density at radius 3 is 2.34 bits per heavy atom. The summed E-state index contributed by atoms with van der Waals surface area (Å²) >= 11 is 3.42. The molecule has 0 fully saturated rings. The van der Waals surface area contributed by atoms with Crippen LogP contribution in [-0.2, 0) is 16.1 Å². The predicted molar refractivity (Wildman–Crippen MR) is 119 cm³/mol. The standard InChI is InChI=1S/C23H29BrN2O3/c1-15(2)25-23(28)18(5)26(13-19-9-11-20(24)12-10-19)22(27)14-29-21-8-6-7-16(3)17(21)4/h6-12,15,18H,13-14H2,1-5H3,(H,25,28). The maximum Gasteiger partial charge on any atom is 0.261 e. The number of hydrogen-bond acceptors (Lipinski definition) is 3. The topological polar surface area (TPSA) is 58.6 Å². The van der Waals surface area contributed by atoms with Gasteiger partial charge in [-0.2, -0.15) is 0 Å². The van der Waals surface area contributed by atoms with Crippen molar-refractivity contribution in [1.82, 2.24) is 10.2 Å². The molecule has 2 aromatic carbocycles. The highest BCUT2D eigenvalue weighted by Crippen LogP contribution is 2.21. The van der Waals surface area contributed by atoms with Crippen molar-refractivity contribution >= 4 is 27.7 Å². The van der Waals surface area contributed by atoms with Crippen LogP contribution >= 0.6 is 15.9 Å². The highest BCUT2D eigenvalue weighted by atomic mass is 79.9. The van der Waals surface area contributed by atoms with Crippen molar-refractivity contribution in [3.8, 4) is 5.75 Å². The van der Waals surface area contributed by atoms with Gasteiger partial charge in [-0.05, 0) is 69.5 Å². The first-order valence-corrected chi connectivity index (χ1v) is 10.5. The minimum atomic E-state index is -0.615. The number of hydrogen-bond donors (Lipinski definition) is 1. The van der Waals surface area contributed by atoms with E-state index in [2.05, 4.69) is 21.2 Å². The Bertz CT molecular complexity index is 850. The Hall–Kier alpha value is -2.34. The first-order chi connectivity index (χ1) is 13.7. The molecule has 0 saturated carbocycles. The fourth-order valence-electron chi connectivity index (χ4n) is 2.88. The molecule has 29 heavy (non-hydrogen) atoms. The van der Waals surface area contributed by atoms with Crippen LogP contribution < -0.4 is 10.1 Å². The van der Waals surface area contributed by atoms with E-state index in [0.717, 1.165) is 21.2 Å². The first-order valence-electron chi connectivity index (χ1n) is 9.72. The van der Waals surface area contributed by atoms with Crippen molar-refractivity contribution in [2.24, 2.45) is 0 Å². The number of nitrogens with one attached hydrogen (secondary N) is 1. The average Bonchev–Trinajstić information content (AvgIpc) is 2.67. The molecule has 0 spiro atoms. The van der Waals surface area contributed by atoms with Gasteiger partial charge in [0.25, 0.3) is 5.91 Å². The summed E-state index contributed by atoms with van der Waals surface area (Å²) < 4.78 is 6.76. The molecule has 0 heterocycles. The Morgan fingerprint density at radius 2 is 1.72 bits per heavy atom. The third-order valence-electron chi connectivity index (χ3n) is 4.77. The van der Waals surface area contributed by atoms with Gasteiger partial charge in [0.05, 0.1) is 0 Å². The Labute approximate surface area is 181 Å². The van der Waals surface area contributed by atoms with Crippen molar-refractivity contribution in [1.29, 1.82) is 0 Å². The van der Waals surface area contributed by atoms with Gasteiger partial charge in [-0.25, -0.2) is 0 Å². The van der Waals surface area contributed by atoms with Gasteiger partial charge in [0.15, 0.2) is 6.61 Å². The van der Waals surface area contributed by atoms with Crippen LogP contribution in [0.1, 0.15) is 37.5 Å². The van der Waals surface area contributed by atoms with E-state index < -0.39 is 6.04 Å². The van der Waals surface area contributed by atoms with Gasteiger partial charge < -0.3 is 15.0 Å². The lowest BCUT2D eigenvalue weighted by Crippen LogP contribution is -2.50. The second-order valence-corrected chi connectivity index (χ2v) is 8.39. The molecule has 0 saturated heterocycles. The van der Waals surface area contributed by atoms with Crippen LogP contribution in [0.3, 0.4) is 0 Å². The van der Waals surface area contributed by atoms with Crippen LogP contribution in [0.5, 0.6) is 5.75 Å². The number of rotatable bonds is 8. The van der Waals surface area contributed by atoms with Crippen LogP contribution in [0, 0.1) is 13.8 Å². The highest BCUT2D eigenvalue weighted by Gasteiger charge is 2.27. The fourth-order valence-corrected chi connectivity index (χ4v) is 3.14. The van der Waals surface area contributed by atoms with E-state index >= 15 is 0 Å². The normalized spacial score (nSPS) is 11.8. The fraction of sp³-hybridized carbons (Fsp3) is 0.391. The molecule has 1 atom stereocenters. The number of benzene rings is 2. The SMILES string of the molecule is Cc1cccc(OCC(=O)N(Cc2ccc(Br)cc2)C(C)C(=O)NC(C)C)c1C. The molecule has 0 aromatic heterocycles. The molecule has 2 rings (SSSR count). The monoisotopic (exact) mass is 460 g/mol. The molecule has 0 aliphatic carbocycles. The van der Waals surface area contributed by atoms with Crippen molar-refractivity contribution in [2.45, 2.75) is 53.2 Å². The molecule has 2 amide bonds. The molecule has 0 bridgehead atoms. The molecule has 156 valence electrons. The van der Waals surface area contributed by atoms with E-state index in [1.54, 1.807) is 11.8 Å². The molecule has 6 heteroatoms. The summed E-state index contributed by atoms with van der Waals surface area (Å²) in [6.45, 7) is 9.71.